The number of nitrogens with one attached hydrogen (secondary N) is 1. The van der Waals surface area contributed by atoms with Crippen LogP contribution >= 0.6 is 11.8 Å². The Morgan fingerprint density at radius 2 is 1.88 bits per heavy atom. The minimum Gasteiger partial charge on any atom is -0.486 e. The molecule has 0 bridgehead atoms. The average Bonchev–Trinajstić information content (AvgIpc) is 3.22. The van der Waals surface area contributed by atoms with E-state index in [0.717, 1.165) is 38.8 Å². The first-order chi connectivity index (χ1) is 15.9. The summed E-state index contributed by atoms with van der Waals surface area (Å²) < 4.78 is 13.0. The molecule has 8 nitrogen and oxygen atoms in total. The van der Waals surface area contributed by atoms with Gasteiger partial charge in [0, 0.05) is 41.0 Å². The van der Waals surface area contributed by atoms with E-state index < -0.39 is 17.1 Å². The van der Waals surface area contributed by atoms with Gasteiger partial charge in [-0.05, 0) is 43.0 Å². The summed E-state index contributed by atoms with van der Waals surface area (Å²) in [7, 11) is 1.96. The summed E-state index contributed by atoms with van der Waals surface area (Å²) in [6, 6.07) is 12.9. The third kappa shape index (κ3) is 3.84. The smallest absolute Gasteiger partial charge is 0.294 e. The number of hydrogen-bond donors (Lipinski definition) is 1. The van der Waals surface area contributed by atoms with Gasteiger partial charge in [-0.25, -0.2) is 0 Å². The Hall–Kier alpha value is -3.72. The second kappa shape index (κ2) is 8.32. The molecule has 1 saturated heterocycles. The molecule has 2 aliphatic rings. The van der Waals surface area contributed by atoms with Crippen LogP contribution in [0, 0.1) is 6.92 Å². The molecule has 0 spiro atoms. The Bertz CT molecular complexity index is 1340. The Balaban J connectivity index is 1.33. The van der Waals surface area contributed by atoms with Crippen LogP contribution in [0.2, 0.25) is 0 Å². The molecule has 1 N–H and O–H groups in total. The van der Waals surface area contributed by atoms with Gasteiger partial charge in [-0.2, -0.15) is 0 Å². The molecule has 1 fully saturated rings. The molecular weight excluding hydrogens is 442 g/mol. The zero-order valence-corrected chi connectivity index (χ0v) is 18.9. The highest BCUT2D eigenvalue weighted by Gasteiger charge is 2.36. The van der Waals surface area contributed by atoms with Crippen LogP contribution in [-0.2, 0) is 16.6 Å². The first-order valence-corrected chi connectivity index (χ1v) is 11.2. The number of aryl methyl sites for hydroxylation is 1. The molecule has 0 radical (unpaired) electrons. The normalized spacial score (nSPS) is 16.7. The highest BCUT2D eigenvalue weighted by molar-refractivity contribution is 8.18. The van der Waals surface area contributed by atoms with Crippen LogP contribution in [-0.4, -0.2) is 46.3 Å². The van der Waals surface area contributed by atoms with Gasteiger partial charge in [0.05, 0.1) is 4.91 Å². The van der Waals surface area contributed by atoms with Gasteiger partial charge < -0.3 is 19.4 Å². The molecule has 3 aromatic rings. The van der Waals surface area contributed by atoms with Crippen LogP contribution in [0.3, 0.4) is 0 Å². The first-order valence-electron chi connectivity index (χ1n) is 10.4. The summed E-state index contributed by atoms with van der Waals surface area (Å²) >= 11 is 0.843. The fourth-order valence-corrected chi connectivity index (χ4v) is 4.79. The Morgan fingerprint density at radius 3 is 2.70 bits per heavy atom. The number of thioether (sulfide) groups is 1. The first kappa shape index (κ1) is 21.1. The van der Waals surface area contributed by atoms with Gasteiger partial charge >= 0.3 is 0 Å². The number of benzene rings is 2. The molecule has 33 heavy (non-hydrogen) atoms. The van der Waals surface area contributed by atoms with Gasteiger partial charge in [0.1, 0.15) is 19.8 Å². The Labute approximate surface area is 194 Å². The highest BCUT2D eigenvalue weighted by Crippen LogP contribution is 2.36. The molecule has 5 rings (SSSR count). The number of aromatic nitrogens is 1. The number of amides is 3. The second-order valence-corrected chi connectivity index (χ2v) is 8.74. The number of carbonyl (C=O) groups is 3. The van der Waals surface area contributed by atoms with Gasteiger partial charge in [-0.15, -0.1) is 0 Å². The average molecular weight is 464 g/mol. The summed E-state index contributed by atoms with van der Waals surface area (Å²) in [5, 5.41) is 3.24. The van der Waals surface area contributed by atoms with E-state index in [1.807, 2.05) is 42.8 Å². The van der Waals surface area contributed by atoms with Gasteiger partial charge in [0.2, 0.25) is 5.91 Å². The maximum atomic E-state index is 12.9. The Kier molecular flexibility index (Phi) is 5.33. The lowest BCUT2D eigenvalue weighted by Gasteiger charge is -2.19. The van der Waals surface area contributed by atoms with E-state index >= 15 is 0 Å². The molecular formula is C24H21N3O5S. The van der Waals surface area contributed by atoms with E-state index in [2.05, 4.69) is 5.32 Å². The van der Waals surface area contributed by atoms with Crippen LogP contribution in [0.4, 0.5) is 10.5 Å². The molecule has 1 aromatic heterocycles. The highest BCUT2D eigenvalue weighted by atomic mass is 32.2. The summed E-state index contributed by atoms with van der Waals surface area (Å²) in [4.78, 5) is 39.3. The summed E-state index contributed by atoms with van der Waals surface area (Å²) in [6.07, 6.45) is 1.74. The van der Waals surface area contributed by atoms with Crippen molar-refractivity contribution in [1.82, 2.24) is 9.47 Å². The maximum absolute atomic E-state index is 12.9. The van der Waals surface area contributed by atoms with E-state index in [1.165, 1.54) is 0 Å². The quantitative estimate of drug-likeness (QED) is 0.590. The van der Waals surface area contributed by atoms with Crippen molar-refractivity contribution in [1.29, 1.82) is 0 Å². The van der Waals surface area contributed by atoms with Gasteiger partial charge in [-0.3, -0.25) is 19.3 Å². The number of ether oxygens (including phenoxy) is 2. The summed E-state index contributed by atoms with van der Waals surface area (Å²) in [5.41, 5.74) is 3.41. The lowest BCUT2D eigenvalue weighted by molar-refractivity contribution is -0.127. The third-order valence-electron chi connectivity index (χ3n) is 5.73. The summed E-state index contributed by atoms with van der Waals surface area (Å²) in [6.45, 7) is 2.51. The minimum atomic E-state index is -0.477. The summed E-state index contributed by atoms with van der Waals surface area (Å²) in [5.74, 6) is 0.198. The van der Waals surface area contributed by atoms with E-state index in [-0.39, 0.29) is 6.54 Å². The lowest BCUT2D eigenvalue weighted by Crippen LogP contribution is -2.36. The lowest BCUT2D eigenvalue weighted by atomic mass is 10.1. The van der Waals surface area contributed by atoms with Crippen molar-refractivity contribution >= 4 is 51.5 Å². The zero-order chi connectivity index (χ0) is 23.1. The molecule has 3 heterocycles. The molecule has 0 aliphatic carbocycles. The fourth-order valence-electron chi connectivity index (χ4n) is 3.96. The molecule has 0 atom stereocenters. The topological polar surface area (TPSA) is 89.9 Å². The van der Waals surface area contributed by atoms with Crippen molar-refractivity contribution in [3.63, 3.8) is 0 Å². The predicted octanol–water partition coefficient (Wildman–Crippen LogP) is 3.93. The molecule has 9 heteroatoms. The Morgan fingerprint density at radius 1 is 1.12 bits per heavy atom. The molecule has 0 saturated carbocycles. The molecule has 168 valence electrons. The number of hydrogen-bond acceptors (Lipinski definition) is 6. The van der Waals surface area contributed by atoms with E-state index in [4.69, 9.17) is 9.47 Å². The van der Waals surface area contributed by atoms with Crippen LogP contribution in [0.15, 0.2) is 47.4 Å². The minimum absolute atomic E-state index is 0.298. The number of anilines is 1. The van der Waals surface area contributed by atoms with Crippen LogP contribution < -0.4 is 14.8 Å². The number of nitrogens with zero attached hydrogens (tertiary/aromatic N) is 2. The van der Waals surface area contributed by atoms with Crippen LogP contribution in [0.5, 0.6) is 11.5 Å². The van der Waals surface area contributed by atoms with Crippen molar-refractivity contribution in [3.8, 4) is 11.5 Å². The van der Waals surface area contributed by atoms with Crippen LogP contribution in [0.25, 0.3) is 17.0 Å². The predicted molar refractivity (Wildman–Crippen MR) is 126 cm³/mol. The maximum Gasteiger partial charge on any atom is 0.294 e. The van der Waals surface area contributed by atoms with Crippen molar-refractivity contribution in [2.45, 2.75) is 6.92 Å². The standard InChI is InChI=1S/C24H21N3O5S/c1-14-17(16-5-3-4-6-18(16)26(14)2)12-21-23(29)27(24(30)33-21)13-22(28)25-15-7-8-19-20(11-15)32-10-9-31-19/h3-8,11-12H,9-10,13H2,1-2H3,(H,25,28)/b21-12-. The monoisotopic (exact) mass is 463 g/mol. The van der Waals surface area contributed by atoms with Crippen molar-refractivity contribution in [2.75, 3.05) is 25.1 Å². The van der Waals surface area contributed by atoms with Gasteiger partial charge in [0.25, 0.3) is 11.1 Å². The van der Waals surface area contributed by atoms with E-state index in [1.54, 1.807) is 24.3 Å². The largest absolute Gasteiger partial charge is 0.486 e. The fraction of sp³-hybridized carbons (Fsp3) is 0.208. The molecule has 0 unspecified atom stereocenters. The van der Waals surface area contributed by atoms with Gasteiger partial charge in [0.15, 0.2) is 11.5 Å². The third-order valence-corrected chi connectivity index (χ3v) is 6.63. The number of para-hydroxylation sites is 1. The van der Waals surface area contributed by atoms with Crippen molar-refractivity contribution in [3.05, 3.63) is 58.6 Å². The zero-order valence-electron chi connectivity index (χ0n) is 18.1. The number of carbonyl (C=O) groups excluding carboxylic acids is 3. The van der Waals surface area contributed by atoms with Gasteiger partial charge in [-0.1, -0.05) is 18.2 Å². The molecule has 2 aliphatic heterocycles. The van der Waals surface area contributed by atoms with Crippen LogP contribution in [0.1, 0.15) is 11.3 Å². The number of fused-ring (bicyclic) bond motifs is 2. The molecule has 2 aromatic carbocycles. The van der Waals surface area contributed by atoms with Crippen molar-refractivity contribution < 1.29 is 23.9 Å². The van der Waals surface area contributed by atoms with E-state index in [9.17, 15) is 14.4 Å². The SMILES string of the molecule is Cc1c(/C=C2\SC(=O)N(CC(=O)Nc3ccc4c(c3)OCCO4)C2=O)c2ccccc2n1C. The van der Waals surface area contributed by atoms with Crippen molar-refractivity contribution in [2.24, 2.45) is 7.05 Å². The molecule has 3 amide bonds. The number of rotatable bonds is 4. The second-order valence-electron chi connectivity index (χ2n) is 7.75. The van der Waals surface area contributed by atoms with E-state index in [0.29, 0.717) is 35.3 Å². The number of imide groups is 1.